The number of halogens is 2. The summed E-state index contributed by atoms with van der Waals surface area (Å²) in [6.45, 7) is 16.7. The third-order valence-corrected chi connectivity index (χ3v) is 39.6. The first-order valence-electron chi connectivity index (χ1n) is 18.7. The average molecular weight is 899 g/mol. The number of allylic oxidation sites excluding steroid dienone is 2. The third-order valence-electron chi connectivity index (χ3n) is 11.3. The quantitative estimate of drug-likeness (QED) is 0.147. The number of carbonyl (C=O) groups is 2. The Morgan fingerprint density at radius 3 is 1.33 bits per heavy atom. The van der Waals surface area contributed by atoms with Gasteiger partial charge < -0.3 is 0 Å². The Morgan fingerprint density at radius 2 is 0.981 bits per heavy atom. The van der Waals surface area contributed by atoms with E-state index in [1.807, 2.05) is 13.8 Å². The standard InChI is InChI=1S/2C19H19.C6H11BN2O2.2ClH.Hf/c2*1-13(2)16-11-15-8-6-10-18(19(15)12-16)17-9-5-4-7-14(17)3;1-3-5(10)8-7-9-6(11)4-2;;;/h2*4-13H,1-3H3;3-4H2,1-2H3,(H-,8,9,10,11);2*1H;/q;;;;;+1/p-1. The van der Waals surface area contributed by atoms with E-state index in [1.165, 1.54) is 11.1 Å². The summed E-state index contributed by atoms with van der Waals surface area (Å²) >= 11 is -6.16. The van der Waals surface area contributed by atoms with Crippen molar-refractivity contribution in [3.05, 3.63) is 129 Å². The summed E-state index contributed by atoms with van der Waals surface area (Å²) in [5.74, 6) is -0.223. The number of aryl methyl sites for hydroxylation is 2. The molecule has 4 aromatic rings. The van der Waals surface area contributed by atoms with E-state index in [2.05, 4.69) is 149 Å². The maximum atomic E-state index is 13.6. The predicted octanol–water partition coefficient (Wildman–Crippen LogP) is 11.6. The maximum absolute atomic E-state index is 13.6. The Kier molecular flexibility index (Phi) is 11.1. The van der Waals surface area contributed by atoms with Gasteiger partial charge in [0.1, 0.15) is 0 Å². The van der Waals surface area contributed by atoms with Crippen LogP contribution in [0.5, 0.6) is 0 Å². The Morgan fingerprint density at radius 1 is 0.615 bits per heavy atom. The van der Waals surface area contributed by atoms with Crippen molar-refractivity contribution in [2.45, 2.75) is 75.6 Å². The monoisotopic (exact) mass is 899 g/mol. The Hall–Kier alpha value is -3.18. The topological polar surface area (TPSA) is 58.2 Å². The summed E-state index contributed by atoms with van der Waals surface area (Å²) in [6.07, 6.45) is 5.09. The van der Waals surface area contributed by atoms with Gasteiger partial charge in [0.2, 0.25) is 0 Å². The first kappa shape index (κ1) is 38.5. The van der Waals surface area contributed by atoms with Crippen LogP contribution in [0.4, 0.5) is 0 Å². The average Bonchev–Trinajstić information content (AvgIpc) is 3.73. The van der Waals surface area contributed by atoms with Crippen molar-refractivity contribution in [1.29, 1.82) is 0 Å². The molecule has 0 aliphatic heterocycles. The van der Waals surface area contributed by atoms with Crippen molar-refractivity contribution in [2.75, 3.05) is 0 Å². The number of benzene rings is 4. The minimum atomic E-state index is -6.16. The van der Waals surface area contributed by atoms with E-state index in [9.17, 15) is 9.59 Å². The SMILES string of the molecule is CCC(=O)N[B](NC(=O)CC)[Hf]([Cl])([Cl])([CH]1C(C(C)C)=Cc2c(-c3ccccc3C)cccc21)[CH]1C(C(C)C)=Cc2c(-c3ccccc3C)cccc21. The predicted molar refractivity (Wildman–Crippen MR) is 219 cm³/mol. The molecule has 4 nitrogen and oxygen atoms in total. The van der Waals surface area contributed by atoms with Gasteiger partial charge in [0.25, 0.3) is 0 Å². The van der Waals surface area contributed by atoms with Gasteiger partial charge in [-0.1, -0.05) is 0 Å². The number of nitrogens with one attached hydrogen (secondary N) is 2. The van der Waals surface area contributed by atoms with Crippen LogP contribution in [0.15, 0.2) is 96.1 Å². The van der Waals surface area contributed by atoms with Crippen molar-refractivity contribution < 1.29 is 25.5 Å². The van der Waals surface area contributed by atoms with Crippen LogP contribution in [0.25, 0.3) is 34.4 Å². The normalized spacial score (nSPS) is 17.2. The number of rotatable bonds is 11. The van der Waals surface area contributed by atoms with E-state index in [4.69, 9.17) is 17.2 Å². The van der Waals surface area contributed by atoms with Crippen LogP contribution in [0, 0.1) is 25.7 Å². The molecule has 0 saturated carbocycles. The van der Waals surface area contributed by atoms with Crippen molar-refractivity contribution in [2.24, 2.45) is 11.8 Å². The van der Waals surface area contributed by atoms with Crippen LogP contribution in [-0.4, -0.2) is 16.4 Å². The van der Waals surface area contributed by atoms with Crippen LogP contribution in [0.1, 0.15) is 95.1 Å². The Labute approximate surface area is 318 Å². The minimum absolute atomic E-state index is 0.0881. The van der Waals surface area contributed by atoms with Gasteiger partial charge in [-0.15, -0.1) is 0 Å². The second-order valence-corrected chi connectivity index (χ2v) is 45.6. The van der Waals surface area contributed by atoms with Crippen LogP contribution in [0.3, 0.4) is 0 Å². The van der Waals surface area contributed by atoms with Crippen molar-refractivity contribution in [3.63, 3.8) is 0 Å². The number of amides is 2. The molecule has 4 aromatic carbocycles. The molecule has 0 spiro atoms. The first-order chi connectivity index (χ1) is 24.7. The molecule has 52 heavy (non-hydrogen) atoms. The zero-order valence-electron chi connectivity index (χ0n) is 31.6. The molecule has 2 N–H and O–H groups in total. The van der Waals surface area contributed by atoms with E-state index >= 15 is 0 Å². The molecule has 0 fully saturated rings. The van der Waals surface area contributed by atoms with E-state index < -0.39 is 27.8 Å². The molecular weight excluding hydrogens is 849 g/mol. The summed E-state index contributed by atoms with van der Waals surface area (Å²) in [4.78, 5) is 27.2. The van der Waals surface area contributed by atoms with Crippen LogP contribution >= 0.6 is 17.2 Å². The molecule has 2 aliphatic carbocycles. The van der Waals surface area contributed by atoms with E-state index in [0.717, 1.165) is 55.7 Å². The summed E-state index contributed by atoms with van der Waals surface area (Å²) in [5, 5.41) is 6.53. The van der Waals surface area contributed by atoms with Crippen LogP contribution < -0.4 is 10.5 Å². The fourth-order valence-electron chi connectivity index (χ4n) is 8.64. The van der Waals surface area contributed by atoms with Crippen LogP contribution in [0.2, 0.25) is 0 Å². The molecule has 269 valence electrons. The zero-order valence-corrected chi connectivity index (χ0v) is 36.7. The third kappa shape index (κ3) is 6.51. The van der Waals surface area contributed by atoms with E-state index in [0.29, 0.717) is 0 Å². The zero-order chi connectivity index (χ0) is 37.6. The van der Waals surface area contributed by atoms with Gasteiger partial charge in [0.05, 0.1) is 0 Å². The van der Waals surface area contributed by atoms with Gasteiger partial charge in [-0.25, -0.2) is 0 Å². The molecule has 6 rings (SSSR count). The first-order valence-corrected chi connectivity index (χ1v) is 33.8. The number of fused-ring (bicyclic) bond motifs is 2. The summed E-state index contributed by atoms with van der Waals surface area (Å²) in [6, 6.07) is 29.8. The number of carbonyl (C=O) groups excluding carboxylic acids is 2. The fourth-order valence-corrected chi connectivity index (χ4v) is 38.8. The second-order valence-electron chi connectivity index (χ2n) is 15.2. The van der Waals surface area contributed by atoms with Gasteiger partial charge in [0, 0.05) is 0 Å². The summed E-state index contributed by atoms with van der Waals surface area (Å²) in [7, 11) is 17.7. The van der Waals surface area contributed by atoms with Gasteiger partial charge in [-0.2, -0.15) is 0 Å². The molecule has 0 radical (unpaired) electrons. The van der Waals surface area contributed by atoms with Crippen LogP contribution in [-0.2, 0) is 25.5 Å². The summed E-state index contributed by atoms with van der Waals surface area (Å²) < 4.78 is -1.75. The van der Waals surface area contributed by atoms with Gasteiger partial charge in [-0.3, -0.25) is 0 Å². The van der Waals surface area contributed by atoms with E-state index in [-0.39, 0.29) is 36.5 Å². The van der Waals surface area contributed by atoms with Crippen molar-refractivity contribution in [1.82, 2.24) is 10.5 Å². The molecule has 2 atom stereocenters. The molecule has 0 saturated heterocycles. The Bertz CT molecular complexity index is 1980. The molecular formula is C44H50BCl2HfN2O2. The second kappa shape index (κ2) is 14.9. The van der Waals surface area contributed by atoms with Gasteiger partial charge >= 0.3 is 321 Å². The van der Waals surface area contributed by atoms with Gasteiger partial charge in [-0.05, 0) is 0 Å². The number of hydrogen-bond donors (Lipinski definition) is 2. The Balaban J connectivity index is 1.73. The fraction of sp³-hybridized carbons (Fsp3) is 0.318. The molecule has 0 aromatic heterocycles. The summed E-state index contributed by atoms with van der Waals surface area (Å²) in [5.41, 5.74) is 13.6. The van der Waals surface area contributed by atoms with Crippen molar-refractivity contribution in [3.8, 4) is 22.3 Å². The molecule has 2 aliphatic rings. The number of hydrogen-bond acceptors (Lipinski definition) is 2. The molecule has 0 bridgehead atoms. The van der Waals surface area contributed by atoms with Gasteiger partial charge in [0.15, 0.2) is 0 Å². The molecule has 2 unspecified atom stereocenters. The molecule has 2 amide bonds. The molecule has 8 heteroatoms. The van der Waals surface area contributed by atoms with Crippen molar-refractivity contribution >= 4 is 45.7 Å². The van der Waals surface area contributed by atoms with E-state index in [1.54, 1.807) is 0 Å². The molecule has 0 heterocycles.